The normalized spacial score (nSPS) is 10.9. The number of carboxylic acids is 1. The number of thioether (sulfide) groups is 1. The molecule has 0 heterocycles. The molecule has 0 aliphatic rings. The first-order valence-corrected chi connectivity index (χ1v) is 7.88. The van der Waals surface area contributed by atoms with E-state index < -0.39 is 5.97 Å². The molecule has 3 heteroatoms. The lowest BCUT2D eigenvalue weighted by Gasteiger charge is -2.07. The van der Waals surface area contributed by atoms with Crippen molar-refractivity contribution in [2.45, 2.75) is 18.2 Å². The third-order valence-corrected chi connectivity index (χ3v) is 3.98. The molecule has 2 nitrogen and oxygen atoms in total. The van der Waals surface area contributed by atoms with Crippen LogP contribution in [0, 0.1) is 0 Å². The Morgan fingerprint density at radius 3 is 2.52 bits per heavy atom. The van der Waals surface area contributed by atoms with Crippen LogP contribution >= 0.6 is 11.8 Å². The van der Waals surface area contributed by atoms with E-state index >= 15 is 0 Å². The SMILES string of the molecule is CCSc1ccc(Cc2ccccc2C=CC(=O)O)cc1. The van der Waals surface area contributed by atoms with Crippen LogP contribution in [0.3, 0.4) is 0 Å². The van der Waals surface area contributed by atoms with Gasteiger partial charge in [-0.1, -0.05) is 43.3 Å². The average molecular weight is 298 g/mol. The maximum Gasteiger partial charge on any atom is 0.328 e. The van der Waals surface area contributed by atoms with E-state index in [0.717, 1.165) is 23.3 Å². The molecule has 0 amide bonds. The molecule has 0 saturated carbocycles. The summed E-state index contributed by atoms with van der Waals surface area (Å²) >= 11 is 1.83. The van der Waals surface area contributed by atoms with Crippen LogP contribution in [0.25, 0.3) is 6.08 Å². The fourth-order valence-corrected chi connectivity index (χ4v) is 2.77. The standard InChI is InChI=1S/C18H18O2S/c1-2-21-17-10-7-14(8-11-17)13-16-6-4-3-5-15(16)9-12-18(19)20/h3-12H,2,13H2,1H3,(H,19,20). The molecule has 108 valence electrons. The van der Waals surface area contributed by atoms with Crippen molar-refractivity contribution in [2.75, 3.05) is 5.75 Å². The molecule has 21 heavy (non-hydrogen) atoms. The Bertz CT molecular complexity index is 630. The van der Waals surface area contributed by atoms with E-state index in [0.29, 0.717) is 0 Å². The van der Waals surface area contributed by atoms with Crippen LogP contribution in [-0.4, -0.2) is 16.8 Å². The first-order valence-electron chi connectivity index (χ1n) is 6.89. The summed E-state index contributed by atoms with van der Waals surface area (Å²) in [5, 5.41) is 8.75. The molecule has 0 aromatic heterocycles. The summed E-state index contributed by atoms with van der Waals surface area (Å²) in [6.07, 6.45) is 3.63. The second-order valence-corrected chi connectivity index (χ2v) is 5.96. The topological polar surface area (TPSA) is 37.3 Å². The van der Waals surface area contributed by atoms with E-state index in [-0.39, 0.29) is 0 Å². The van der Waals surface area contributed by atoms with Crippen LogP contribution in [0.4, 0.5) is 0 Å². The van der Waals surface area contributed by atoms with Gasteiger partial charge in [0.1, 0.15) is 0 Å². The lowest BCUT2D eigenvalue weighted by molar-refractivity contribution is -0.131. The van der Waals surface area contributed by atoms with E-state index in [1.165, 1.54) is 16.5 Å². The Kier molecular flexibility index (Phi) is 5.64. The molecule has 0 aliphatic carbocycles. The van der Waals surface area contributed by atoms with Crippen molar-refractivity contribution >= 4 is 23.8 Å². The van der Waals surface area contributed by atoms with Gasteiger partial charge in [0.05, 0.1) is 0 Å². The third kappa shape index (κ3) is 4.80. The second-order valence-electron chi connectivity index (χ2n) is 4.62. The zero-order chi connectivity index (χ0) is 15.1. The number of hydrogen-bond acceptors (Lipinski definition) is 2. The highest BCUT2D eigenvalue weighted by Crippen LogP contribution is 2.20. The highest BCUT2D eigenvalue weighted by molar-refractivity contribution is 7.99. The van der Waals surface area contributed by atoms with Crippen LogP contribution < -0.4 is 0 Å². The summed E-state index contributed by atoms with van der Waals surface area (Å²) in [6.45, 7) is 2.14. The van der Waals surface area contributed by atoms with Gasteiger partial charge in [-0.15, -0.1) is 11.8 Å². The molecule has 0 radical (unpaired) electrons. The monoisotopic (exact) mass is 298 g/mol. The van der Waals surface area contributed by atoms with Crippen molar-refractivity contribution in [1.82, 2.24) is 0 Å². The minimum atomic E-state index is -0.925. The molecular weight excluding hydrogens is 280 g/mol. The van der Waals surface area contributed by atoms with E-state index in [2.05, 4.69) is 31.2 Å². The summed E-state index contributed by atoms with van der Waals surface area (Å²) in [5.41, 5.74) is 3.31. The molecule has 0 unspecified atom stereocenters. The summed E-state index contributed by atoms with van der Waals surface area (Å²) in [5.74, 6) is 0.146. The van der Waals surface area contributed by atoms with Gasteiger partial charge in [-0.05, 0) is 47.1 Å². The summed E-state index contributed by atoms with van der Waals surface area (Å²) < 4.78 is 0. The lowest BCUT2D eigenvalue weighted by Crippen LogP contribution is -1.93. The maximum absolute atomic E-state index is 10.7. The smallest absolute Gasteiger partial charge is 0.328 e. The van der Waals surface area contributed by atoms with Crippen LogP contribution in [0.2, 0.25) is 0 Å². The molecule has 0 atom stereocenters. The van der Waals surface area contributed by atoms with Crippen molar-refractivity contribution in [3.63, 3.8) is 0 Å². The molecule has 0 saturated heterocycles. The zero-order valence-corrected chi connectivity index (χ0v) is 12.8. The Balaban J connectivity index is 2.17. The lowest BCUT2D eigenvalue weighted by atomic mass is 9.99. The van der Waals surface area contributed by atoms with Crippen molar-refractivity contribution in [1.29, 1.82) is 0 Å². The van der Waals surface area contributed by atoms with Crippen LogP contribution in [-0.2, 0) is 11.2 Å². The Hall–Kier alpha value is -2.00. The number of carboxylic acid groups (broad SMARTS) is 1. The number of rotatable bonds is 6. The first-order chi connectivity index (χ1) is 10.2. The zero-order valence-electron chi connectivity index (χ0n) is 12.0. The van der Waals surface area contributed by atoms with Crippen LogP contribution in [0.1, 0.15) is 23.6 Å². The van der Waals surface area contributed by atoms with Gasteiger partial charge >= 0.3 is 5.97 Å². The molecule has 0 fully saturated rings. The molecular formula is C18H18O2S. The van der Waals surface area contributed by atoms with Crippen molar-refractivity contribution in [3.05, 3.63) is 71.3 Å². The predicted molar refractivity (Wildman–Crippen MR) is 88.8 cm³/mol. The van der Waals surface area contributed by atoms with E-state index in [9.17, 15) is 4.79 Å². The van der Waals surface area contributed by atoms with Gasteiger partial charge in [-0.3, -0.25) is 0 Å². The molecule has 0 bridgehead atoms. The second kappa shape index (κ2) is 7.70. The van der Waals surface area contributed by atoms with Gasteiger partial charge < -0.3 is 5.11 Å². The molecule has 2 aromatic rings. The van der Waals surface area contributed by atoms with Crippen LogP contribution in [0.15, 0.2) is 59.5 Å². The van der Waals surface area contributed by atoms with Gasteiger partial charge in [0.2, 0.25) is 0 Å². The number of carbonyl (C=O) groups is 1. The fourth-order valence-electron chi connectivity index (χ4n) is 2.11. The summed E-state index contributed by atoms with van der Waals surface area (Å²) in [4.78, 5) is 11.9. The summed E-state index contributed by atoms with van der Waals surface area (Å²) in [6, 6.07) is 16.4. The van der Waals surface area contributed by atoms with Crippen LogP contribution in [0.5, 0.6) is 0 Å². The van der Waals surface area contributed by atoms with E-state index in [1.54, 1.807) is 6.08 Å². The van der Waals surface area contributed by atoms with E-state index in [1.807, 2.05) is 36.0 Å². The summed E-state index contributed by atoms with van der Waals surface area (Å²) in [7, 11) is 0. The molecule has 2 aromatic carbocycles. The molecule has 2 rings (SSSR count). The first kappa shape index (κ1) is 15.4. The van der Waals surface area contributed by atoms with Crippen molar-refractivity contribution in [2.24, 2.45) is 0 Å². The Labute approximate surface area is 129 Å². The predicted octanol–water partition coefficient (Wildman–Crippen LogP) is 4.49. The Morgan fingerprint density at radius 1 is 1.14 bits per heavy atom. The highest BCUT2D eigenvalue weighted by Gasteiger charge is 2.02. The van der Waals surface area contributed by atoms with Gasteiger partial charge in [0.25, 0.3) is 0 Å². The van der Waals surface area contributed by atoms with Crippen molar-refractivity contribution < 1.29 is 9.90 Å². The third-order valence-electron chi connectivity index (χ3n) is 3.09. The highest BCUT2D eigenvalue weighted by atomic mass is 32.2. The molecule has 0 aliphatic heterocycles. The molecule has 0 spiro atoms. The minimum absolute atomic E-state index is 0.803. The van der Waals surface area contributed by atoms with Gasteiger partial charge in [0.15, 0.2) is 0 Å². The minimum Gasteiger partial charge on any atom is -0.478 e. The average Bonchev–Trinajstić information content (AvgIpc) is 2.48. The molecule has 1 N–H and O–H groups in total. The van der Waals surface area contributed by atoms with Gasteiger partial charge in [-0.2, -0.15) is 0 Å². The quantitative estimate of drug-likeness (QED) is 0.631. The number of hydrogen-bond donors (Lipinski definition) is 1. The van der Waals surface area contributed by atoms with E-state index in [4.69, 9.17) is 5.11 Å². The Morgan fingerprint density at radius 2 is 1.86 bits per heavy atom. The number of benzene rings is 2. The van der Waals surface area contributed by atoms with Crippen molar-refractivity contribution in [3.8, 4) is 0 Å². The maximum atomic E-state index is 10.7. The number of aliphatic carboxylic acids is 1. The van der Waals surface area contributed by atoms with Gasteiger partial charge in [-0.25, -0.2) is 4.79 Å². The van der Waals surface area contributed by atoms with Gasteiger partial charge in [0, 0.05) is 11.0 Å². The largest absolute Gasteiger partial charge is 0.478 e. The fraction of sp³-hybridized carbons (Fsp3) is 0.167.